The molecule has 0 aromatic rings. The summed E-state index contributed by atoms with van der Waals surface area (Å²) < 4.78 is 6.26. The molecule has 0 spiro atoms. The van der Waals surface area contributed by atoms with Crippen molar-refractivity contribution in [3.8, 4) is 0 Å². The van der Waals surface area contributed by atoms with Gasteiger partial charge in [-0.1, -0.05) is 20.8 Å². The summed E-state index contributed by atoms with van der Waals surface area (Å²) in [7, 11) is -1.67. The van der Waals surface area contributed by atoms with E-state index in [1.165, 1.54) is 12.8 Å². The maximum Gasteiger partial charge on any atom is 0.191 e. The van der Waals surface area contributed by atoms with Crippen molar-refractivity contribution in [3.63, 3.8) is 0 Å². The smallest absolute Gasteiger partial charge is 0.191 e. The molecule has 1 aliphatic heterocycles. The highest BCUT2D eigenvalue weighted by atomic mass is 28.4. The zero-order chi connectivity index (χ0) is 13.8. The second-order valence-electron chi connectivity index (χ2n) is 7.10. The number of nitrogens with one attached hydrogen (secondary N) is 1. The zero-order valence-electron chi connectivity index (χ0n) is 12.8. The maximum absolute atomic E-state index is 9.59. The largest absolute Gasteiger partial charge is 0.416 e. The van der Waals surface area contributed by atoms with Crippen LogP contribution in [0.15, 0.2) is 0 Å². The standard InChI is InChI=1S/C14H31NO2Si/c1-14(2,3)18(4,5)17-11-13(10-16)12-6-8-15-9-7-12/h12-13,15-16H,6-11H2,1-5H3. The Hall–Kier alpha value is 0.0969. The van der Waals surface area contributed by atoms with E-state index in [9.17, 15) is 5.11 Å². The average molecular weight is 273 g/mol. The minimum atomic E-state index is -1.67. The van der Waals surface area contributed by atoms with Gasteiger partial charge in [0.2, 0.25) is 0 Å². The molecule has 2 N–H and O–H groups in total. The van der Waals surface area contributed by atoms with Gasteiger partial charge < -0.3 is 14.8 Å². The van der Waals surface area contributed by atoms with Crippen molar-refractivity contribution in [1.29, 1.82) is 0 Å². The summed E-state index contributed by atoms with van der Waals surface area (Å²) in [5.74, 6) is 0.947. The van der Waals surface area contributed by atoms with Gasteiger partial charge in [0.1, 0.15) is 0 Å². The molecule has 3 nitrogen and oxygen atoms in total. The van der Waals surface area contributed by atoms with Crippen molar-refractivity contribution in [3.05, 3.63) is 0 Å². The quantitative estimate of drug-likeness (QED) is 0.757. The van der Waals surface area contributed by atoms with Gasteiger partial charge in [0.25, 0.3) is 0 Å². The molecule has 1 aliphatic rings. The first-order valence-electron chi connectivity index (χ1n) is 7.23. The Morgan fingerprint density at radius 2 is 1.83 bits per heavy atom. The van der Waals surface area contributed by atoms with Crippen LogP contribution in [0.4, 0.5) is 0 Å². The summed E-state index contributed by atoms with van der Waals surface area (Å²) >= 11 is 0. The summed E-state index contributed by atoms with van der Waals surface area (Å²) in [6, 6.07) is 0. The van der Waals surface area contributed by atoms with Gasteiger partial charge >= 0.3 is 0 Å². The Labute approximate surface area is 113 Å². The molecule has 18 heavy (non-hydrogen) atoms. The van der Waals surface area contributed by atoms with E-state index in [4.69, 9.17) is 4.43 Å². The minimum Gasteiger partial charge on any atom is -0.416 e. The first-order valence-corrected chi connectivity index (χ1v) is 10.1. The second kappa shape index (κ2) is 6.50. The summed E-state index contributed by atoms with van der Waals surface area (Å²) in [5, 5.41) is 13.2. The first-order chi connectivity index (χ1) is 8.28. The van der Waals surface area contributed by atoms with Crippen LogP contribution >= 0.6 is 0 Å². The van der Waals surface area contributed by atoms with Crippen LogP contribution in [0.25, 0.3) is 0 Å². The fourth-order valence-electron chi connectivity index (χ4n) is 2.19. The number of aliphatic hydroxyl groups is 1. The monoisotopic (exact) mass is 273 g/mol. The zero-order valence-corrected chi connectivity index (χ0v) is 13.8. The fourth-order valence-corrected chi connectivity index (χ4v) is 3.25. The number of aliphatic hydroxyl groups excluding tert-OH is 1. The average Bonchev–Trinajstić information content (AvgIpc) is 2.29. The van der Waals surface area contributed by atoms with Crippen LogP contribution in [0.3, 0.4) is 0 Å². The van der Waals surface area contributed by atoms with Gasteiger partial charge in [-0.15, -0.1) is 0 Å². The molecule has 4 heteroatoms. The maximum atomic E-state index is 9.59. The van der Waals surface area contributed by atoms with Crippen molar-refractivity contribution in [1.82, 2.24) is 5.32 Å². The highest BCUT2D eigenvalue weighted by Crippen LogP contribution is 2.37. The minimum absolute atomic E-state index is 0.251. The predicted molar refractivity (Wildman–Crippen MR) is 79.3 cm³/mol. The molecule has 1 unspecified atom stereocenters. The van der Waals surface area contributed by atoms with E-state index in [0.29, 0.717) is 11.8 Å². The van der Waals surface area contributed by atoms with Crippen molar-refractivity contribution in [2.45, 2.75) is 51.7 Å². The van der Waals surface area contributed by atoms with Crippen LogP contribution in [0.1, 0.15) is 33.6 Å². The van der Waals surface area contributed by atoms with E-state index in [-0.39, 0.29) is 11.6 Å². The molecule has 0 aromatic heterocycles. The van der Waals surface area contributed by atoms with E-state index in [0.717, 1.165) is 19.7 Å². The summed E-state index contributed by atoms with van der Waals surface area (Å²) in [6.45, 7) is 14.5. The highest BCUT2D eigenvalue weighted by Gasteiger charge is 2.38. The first kappa shape index (κ1) is 16.2. The number of piperidine rings is 1. The van der Waals surface area contributed by atoms with Gasteiger partial charge in [0, 0.05) is 19.1 Å². The van der Waals surface area contributed by atoms with E-state index in [1.54, 1.807) is 0 Å². The third-order valence-corrected chi connectivity index (χ3v) is 9.25. The Balaban J connectivity index is 2.48. The lowest BCUT2D eigenvalue weighted by atomic mass is 9.86. The highest BCUT2D eigenvalue weighted by molar-refractivity contribution is 6.74. The predicted octanol–water partition coefficient (Wildman–Crippen LogP) is 2.62. The number of rotatable bonds is 5. The van der Waals surface area contributed by atoms with Gasteiger partial charge in [0.15, 0.2) is 8.32 Å². The van der Waals surface area contributed by atoms with Gasteiger partial charge in [0.05, 0.1) is 0 Å². The van der Waals surface area contributed by atoms with Crippen LogP contribution < -0.4 is 5.32 Å². The van der Waals surface area contributed by atoms with Crippen molar-refractivity contribution >= 4 is 8.32 Å². The SMILES string of the molecule is CC(C)(C)[Si](C)(C)OCC(CO)C1CCNCC1. The fraction of sp³-hybridized carbons (Fsp3) is 1.00. The van der Waals surface area contributed by atoms with Crippen LogP contribution in [0.2, 0.25) is 18.1 Å². The Morgan fingerprint density at radius 3 is 2.28 bits per heavy atom. The van der Waals surface area contributed by atoms with Gasteiger partial charge in [-0.2, -0.15) is 0 Å². The van der Waals surface area contributed by atoms with Crippen LogP contribution in [-0.4, -0.2) is 39.7 Å². The van der Waals surface area contributed by atoms with Crippen LogP contribution in [0, 0.1) is 11.8 Å². The molecule has 1 atom stereocenters. The third kappa shape index (κ3) is 4.33. The molecule has 1 heterocycles. The molecule has 1 saturated heterocycles. The second-order valence-corrected chi connectivity index (χ2v) is 11.9. The summed E-state index contributed by atoms with van der Waals surface area (Å²) in [6.07, 6.45) is 2.35. The Morgan fingerprint density at radius 1 is 1.28 bits per heavy atom. The van der Waals surface area contributed by atoms with E-state index >= 15 is 0 Å². The van der Waals surface area contributed by atoms with Gasteiger partial charge in [-0.3, -0.25) is 0 Å². The van der Waals surface area contributed by atoms with Gasteiger partial charge in [-0.05, 0) is 50.0 Å². The normalized spacial score (nSPS) is 21.0. The molecule has 0 saturated carbocycles. The lowest BCUT2D eigenvalue weighted by Crippen LogP contribution is -2.44. The molecule has 0 radical (unpaired) electrons. The molecule has 1 rings (SSSR count). The molecule has 0 aliphatic carbocycles. The molecular formula is C14H31NO2Si. The number of hydrogen-bond donors (Lipinski definition) is 2. The molecule has 0 aromatic carbocycles. The van der Waals surface area contributed by atoms with Crippen LogP contribution in [0.5, 0.6) is 0 Å². The third-order valence-electron chi connectivity index (χ3n) is 4.75. The summed E-state index contributed by atoms with van der Waals surface area (Å²) in [4.78, 5) is 0. The van der Waals surface area contributed by atoms with Crippen molar-refractivity contribution < 1.29 is 9.53 Å². The molecule has 0 bridgehead atoms. The van der Waals surface area contributed by atoms with E-state index in [2.05, 4.69) is 39.2 Å². The van der Waals surface area contributed by atoms with Crippen molar-refractivity contribution in [2.75, 3.05) is 26.3 Å². The van der Waals surface area contributed by atoms with Gasteiger partial charge in [-0.25, -0.2) is 0 Å². The molecule has 0 amide bonds. The van der Waals surface area contributed by atoms with Crippen LogP contribution in [-0.2, 0) is 4.43 Å². The lowest BCUT2D eigenvalue weighted by molar-refractivity contribution is 0.0956. The number of hydrogen-bond acceptors (Lipinski definition) is 3. The lowest BCUT2D eigenvalue weighted by Gasteiger charge is -2.38. The Kier molecular flexibility index (Phi) is 5.84. The summed E-state index contributed by atoms with van der Waals surface area (Å²) in [5.41, 5.74) is 0. The van der Waals surface area contributed by atoms with Crippen molar-refractivity contribution in [2.24, 2.45) is 11.8 Å². The van der Waals surface area contributed by atoms with E-state index in [1.807, 2.05) is 0 Å². The molecular weight excluding hydrogens is 242 g/mol. The Bertz CT molecular complexity index is 245. The van der Waals surface area contributed by atoms with E-state index < -0.39 is 8.32 Å². The molecule has 108 valence electrons. The molecule has 1 fully saturated rings. The topological polar surface area (TPSA) is 41.5 Å².